The Morgan fingerprint density at radius 2 is 1.68 bits per heavy atom. The van der Waals surface area contributed by atoms with Crippen LogP contribution in [0.4, 0.5) is 0 Å². The van der Waals surface area contributed by atoms with E-state index < -0.39 is 0 Å². The summed E-state index contributed by atoms with van der Waals surface area (Å²) in [5, 5.41) is 11.3. The summed E-state index contributed by atoms with van der Waals surface area (Å²) < 4.78 is 0. The zero-order valence-electron chi connectivity index (χ0n) is 17.0. The van der Waals surface area contributed by atoms with E-state index in [2.05, 4.69) is 34.3 Å². The van der Waals surface area contributed by atoms with Crippen molar-refractivity contribution in [3.63, 3.8) is 0 Å². The number of benzene rings is 1. The van der Waals surface area contributed by atoms with Crippen LogP contribution in [-0.2, 0) is 19.3 Å². The lowest BCUT2D eigenvalue weighted by molar-refractivity contribution is 0.428. The van der Waals surface area contributed by atoms with E-state index in [-0.39, 0.29) is 0 Å². The summed E-state index contributed by atoms with van der Waals surface area (Å²) in [7, 11) is 0. The number of phenolic OH excluding ortho intramolecular Hbond substituents is 1. The molecule has 0 heterocycles. The van der Waals surface area contributed by atoms with Crippen LogP contribution in [0.1, 0.15) is 113 Å². The molecule has 1 heteroatoms. The van der Waals surface area contributed by atoms with Gasteiger partial charge in [-0.2, -0.15) is 0 Å². The number of phenols is 1. The summed E-state index contributed by atoms with van der Waals surface area (Å²) in [5.41, 5.74) is 8.14. The van der Waals surface area contributed by atoms with Gasteiger partial charge in [0.15, 0.2) is 0 Å². The number of aromatic hydroxyl groups is 1. The molecule has 1 nitrogen and oxygen atoms in total. The second kappa shape index (κ2) is 9.46. The maximum Gasteiger partial charge on any atom is 0.122 e. The molecule has 0 fully saturated rings. The van der Waals surface area contributed by atoms with Gasteiger partial charge in [-0.25, -0.2) is 0 Å². The van der Waals surface area contributed by atoms with E-state index >= 15 is 0 Å². The Morgan fingerprint density at radius 1 is 1.00 bits per heavy atom. The van der Waals surface area contributed by atoms with Crippen molar-refractivity contribution in [1.29, 1.82) is 0 Å². The smallest absolute Gasteiger partial charge is 0.122 e. The minimum absolute atomic E-state index is 0.535. The van der Waals surface area contributed by atoms with Gasteiger partial charge in [-0.05, 0) is 78.7 Å². The van der Waals surface area contributed by atoms with Crippen molar-refractivity contribution < 1.29 is 5.11 Å². The molecule has 1 aliphatic carbocycles. The maximum absolute atomic E-state index is 11.3. The Balaban J connectivity index is 2.75. The summed E-state index contributed by atoms with van der Waals surface area (Å²) in [6.07, 6.45) is 12.4. The van der Waals surface area contributed by atoms with Gasteiger partial charge in [0.25, 0.3) is 0 Å². The van der Waals surface area contributed by atoms with E-state index in [1.165, 1.54) is 59.1 Å². The molecule has 25 heavy (non-hydrogen) atoms. The Morgan fingerprint density at radius 3 is 2.28 bits per heavy atom. The van der Waals surface area contributed by atoms with Crippen molar-refractivity contribution in [1.82, 2.24) is 0 Å². The topological polar surface area (TPSA) is 20.2 Å². The van der Waals surface area contributed by atoms with Gasteiger partial charge in [-0.15, -0.1) is 0 Å². The van der Waals surface area contributed by atoms with E-state index in [0.717, 1.165) is 44.9 Å². The Labute approximate surface area is 155 Å². The highest BCUT2D eigenvalue weighted by molar-refractivity contribution is 5.75. The Hall–Kier alpha value is -1.24. The molecule has 0 bridgehead atoms. The molecule has 140 valence electrons. The molecule has 0 aliphatic heterocycles. The third-order valence-electron chi connectivity index (χ3n) is 5.76. The highest BCUT2D eigenvalue weighted by Crippen LogP contribution is 2.47. The Kier molecular flexibility index (Phi) is 7.59. The predicted octanol–water partition coefficient (Wildman–Crippen LogP) is 7.33. The normalized spacial score (nSPS) is 16.7. The summed E-state index contributed by atoms with van der Waals surface area (Å²) >= 11 is 0. The highest BCUT2D eigenvalue weighted by atomic mass is 16.3. The van der Waals surface area contributed by atoms with E-state index in [0.29, 0.717) is 11.7 Å². The third kappa shape index (κ3) is 4.13. The fourth-order valence-electron chi connectivity index (χ4n) is 4.82. The molecule has 0 spiro atoms. The number of hydrogen-bond acceptors (Lipinski definition) is 1. The zero-order chi connectivity index (χ0) is 18.4. The van der Waals surface area contributed by atoms with Gasteiger partial charge in [0.2, 0.25) is 0 Å². The van der Waals surface area contributed by atoms with Crippen LogP contribution in [0.5, 0.6) is 5.75 Å². The summed E-state index contributed by atoms with van der Waals surface area (Å²) in [6, 6.07) is 0. The lowest BCUT2D eigenvalue weighted by Crippen LogP contribution is -2.16. The summed E-state index contributed by atoms with van der Waals surface area (Å²) in [4.78, 5) is 0. The number of rotatable bonds is 9. The van der Waals surface area contributed by atoms with Crippen LogP contribution in [0.3, 0.4) is 0 Å². The lowest BCUT2D eigenvalue weighted by Gasteiger charge is -2.32. The van der Waals surface area contributed by atoms with Crippen molar-refractivity contribution in [2.24, 2.45) is 0 Å². The molecule has 2 rings (SSSR count). The molecule has 0 saturated carbocycles. The molecule has 1 aromatic carbocycles. The monoisotopic (exact) mass is 342 g/mol. The fraction of sp³-hybridized carbons (Fsp3) is 0.667. The van der Waals surface area contributed by atoms with Gasteiger partial charge >= 0.3 is 0 Å². The van der Waals surface area contributed by atoms with Gasteiger partial charge in [0.05, 0.1) is 0 Å². The minimum Gasteiger partial charge on any atom is -0.507 e. The molecule has 0 aromatic heterocycles. The molecule has 1 aliphatic rings. The van der Waals surface area contributed by atoms with Crippen molar-refractivity contribution in [2.75, 3.05) is 0 Å². The van der Waals surface area contributed by atoms with Crippen molar-refractivity contribution >= 4 is 5.57 Å². The SMILES string of the molecule is C=C(CCC)c1c(CCC)c(CCC)c(O)c2c1CCCC2CCC. The molecule has 0 amide bonds. The van der Waals surface area contributed by atoms with Gasteiger partial charge in [-0.1, -0.05) is 60.0 Å². The second-order valence-electron chi connectivity index (χ2n) is 7.80. The van der Waals surface area contributed by atoms with E-state index in [9.17, 15) is 5.11 Å². The second-order valence-corrected chi connectivity index (χ2v) is 7.80. The third-order valence-corrected chi connectivity index (χ3v) is 5.76. The molecule has 1 unspecified atom stereocenters. The molecule has 0 radical (unpaired) electrons. The van der Waals surface area contributed by atoms with Crippen LogP contribution < -0.4 is 0 Å². The largest absolute Gasteiger partial charge is 0.507 e. The first-order chi connectivity index (χ1) is 12.1. The van der Waals surface area contributed by atoms with Crippen molar-refractivity contribution in [2.45, 2.75) is 104 Å². The standard InChI is InChI=1S/C24H38O/c1-6-11-17(5)22-19(13-8-3)20(14-9-4)24(25)23-18(12-7-2)15-10-16-21(22)23/h18,25H,5-16H2,1-4H3. The molecule has 1 N–H and O–H groups in total. The molecule has 0 saturated heterocycles. The number of hydrogen-bond donors (Lipinski definition) is 1. The number of allylic oxidation sites excluding steroid dienone is 1. The van der Waals surface area contributed by atoms with Gasteiger partial charge in [0, 0.05) is 5.56 Å². The summed E-state index contributed by atoms with van der Waals surface area (Å²) in [6.45, 7) is 13.5. The van der Waals surface area contributed by atoms with E-state index in [1.54, 1.807) is 0 Å². The average Bonchev–Trinajstić information content (AvgIpc) is 2.59. The Bertz CT molecular complexity index is 597. The van der Waals surface area contributed by atoms with Crippen molar-refractivity contribution in [3.05, 3.63) is 34.4 Å². The first-order valence-corrected chi connectivity index (χ1v) is 10.7. The van der Waals surface area contributed by atoms with Crippen LogP contribution in [0, 0.1) is 0 Å². The predicted molar refractivity (Wildman–Crippen MR) is 111 cm³/mol. The molecule has 1 aromatic rings. The van der Waals surface area contributed by atoms with Gasteiger partial charge < -0.3 is 5.11 Å². The highest BCUT2D eigenvalue weighted by Gasteiger charge is 2.30. The van der Waals surface area contributed by atoms with Gasteiger partial charge in [0.1, 0.15) is 5.75 Å². The van der Waals surface area contributed by atoms with Crippen molar-refractivity contribution in [3.8, 4) is 5.75 Å². The van der Waals surface area contributed by atoms with Crippen LogP contribution in [0.2, 0.25) is 0 Å². The average molecular weight is 343 g/mol. The lowest BCUT2D eigenvalue weighted by atomic mass is 9.73. The molecular formula is C24H38O. The number of fused-ring (bicyclic) bond motifs is 1. The summed E-state index contributed by atoms with van der Waals surface area (Å²) in [5.74, 6) is 1.18. The zero-order valence-corrected chi connectivity index (χ0v) is 17.0. The fourth-order valence-corrected chi connectivity index (χ4v) is 4.82. The first kappa shape index (κ1) is 20.1. The minimum atomic E-state index is 0.535. The van der Waals surface area contributed by atoms with Crippen LogP contribution in [0.25, 0.3) is 5.57 Å². The molecule has 1 atom stereocenters. The molecular weight excluding hydrogens is 304 g/mol. The van der Waals surface area contributed by atoms with E-state index in [1.807, 2.05) is 0 Å². The van der Waals surface area contributed by atoms with Gasteiger partial charge in [-0.3, -0.25) is 0 Å². The quantitative estimate of drug-likeness (QED) is 0.498. The van der Waals surface area contributed by atoms with Crippen LogP contribution in [-0.4, -0.2) is 5.11 Å². The van der Waals surface area contributed by atoms with Crippen LogP contribution >= 0.6 is 0 Å². The first-order valence-electron chi connectivity index (χ1n) is 10.7. The van der Waals surface area contributed by atoms with Crippen LogP contribution in [0.15, 0.2) is 6.58 Å². The van der Waals surface area contributed by atoms with E-state index in [4.69, 9.17) is 0 Å². The maximum atomic E-state index is 11.3.